The lowest BCUT2D eigenvalue weighted by Gasteiger charge is -2.10. The van der Waals surface area contributed by atoms with E-state index in [0.717, 1.165) is 0 Å². The van der Waals surface area contributed by atoms with Crippen LogP contribution in [0.15, 0.2) is 36.4 Å². The molecule has 2 unspecified atom stereocenters. The van der Waals surface area contributed by atoms with E-state index in [2.05, 4.69) is 10.6 Å². The van der Waals surface area contributed by atoms with Crippen molar-refractivity contribution in [3.63, 3.8) is 0 Å². The van der Waals surface area contributed by atoms with Gasteiger partial charge in [-0.25, -0.2) is 0 Å². The molecule has 1 fully saturated rings. The summed E-state index contributed by atoms with van der Waals surface area (Å²) in [6, 6.07) is 11.5. The van der Waals surface area contributed by atoms with Crippen LogP contribution >= 0.6 is 58.0 Å². The van der Waals surface area contributed by atoms with Crippen LogP contribution in [0.2, 0.25) is 15.1 Å². The molecule has 2 N–H and O–H groups in total. The number of anilines is 1. The van der Waals surface area contributed by atoms with E-state index in [4.69, 9.17) is 63.3 Å². The van der Waals surface area contributed by atoms with Gasteiger partial charge in [0.15, 0.2) is 0 Å². The van der Waals surface area contributed by atoms with E-state index >= 15 is 0 Å². The second-order valence-corrected chi connectivity index (χ2v) is 9.76. The first kappa shape index (κ1) is 24.0. The van der Waals surface area contributed by atoms with Crippen LogP contribution in [0.3, 0.4) is 0 Å². The Labute approximate surface area is 204 Å². The summed E-state index contributed by atoms with van der Waals surface area (Å²) in [7, 11) is 0. The fourth-order valence-electron chi connectivity index (χ4n) is 3.28. The fourth-order valence-corrected chi connectivity index (χ4v) is 4.86. The number of nitriles is 1. The van der Waals surface area contributed by atoms with Crippen LogP contribution in [0.5, 0.6) is 0 Å². The Morgan fingerprint density at radius 1 is 1.06 bits per heavy atom. The van der Waals surface area contributed by atoms with Gasteiger partial charge in [0.1, 0.15) is 4.33 Å². The molecular weight excluding hydrogens is 504 g/mol. The number of amides is 2. The number of benzene rings is 2. The highest BCUT2D eigenvalue weighted by Gasteiger charge is 2.67. The van der Waals surface area contributed by atoms with Gasteiger partial charge >= 0.3 is 0 Å². The molecule has 5 nitrogen and oxygen atoms in total. The Bertz CT molecular complexity index is 1050. The summed E-state index contributed by atoms with van der Waals surface area (Å²) in [5, 5.41) is 15.1. The summed E-state index contributed by atoms with van der Waals surface area (Å²) < 4.78 is -1.31. The number of alkyl halides is 2. The molecule has 0 aromatic heterocycles. The normalized spacial score (nSPS) is 18.7. The molecule has 2 aromatic carbocycles. The summed E-state index contributed by atoms with van der Waals surface area (Å²) in [5.41, 5.74) is 1.24. The Balaban J connectivity index is 1.72. The van der Waals surface area contributed by atoms with Crippen molar-refractivity contribution in [1.29, 1.82) is 5.26 Å². The molecule has 2 atom stereocenters. The van der Waals surface area contributed by atoms with Crippen LogP contribution in [0.25, 0.3) is 0 Å². The molecule has 0 bridgehead atoms. The minimum Gasteiger partial charge on any atom is -0.352 e. The number of rotatable bonds is 7. The lowest BCUT2D eigenvalue weighted by molar-refractivity contribution is -0.117. The van der Waals surface area contributed by atoms with Gasteiger partial charge in [0, 0.05) is 34.6 Å². The summed E-state index contributed by atoms with van der Waals surface area (Å²) in [6.07, 6.45) is 0.865. The Hall–Kier alpha value is -1.68. The summed E-state index contributed by atoms with van der Waals surface area (Å²) in [6.45, 7) is 0.340. The van der Waals surface area contributed by atoms with E-state index in [0.29, 0.717) is 40.7 Å². The minimum absolute atomic E-state index is 0.202. The van der Waals surface area contributed by atoms with E-state index in [1.807, 2.05) is 6.07 Å². The molecule has 2 amide bonds. The maximum atomic E-state index is 12.8. The van der Waals surface area contributed by atoms with Gasteiger partial charge in [-0.3, -0.25) is 9.59 Å². The smallest absolute Gasteiger partial charge is 0.252 e. The molecule has 0 radical (unpaired) electrons. The van der Waals surface area contributed by atoms with Crippen molar-refractivity contribution in [2.75, 3.05) is 11.9 Å². The highest BCUT2D eigenvalue weighted by molar-refractivity contribution is 6.53. The van der Waals surface area contributed by atoms with E-state index in [-0.39, 0.29) is 10.6 Å². The van der Waals surface area contributed by atoms with Crippen LogP contribution in [0.4, 0.5) is 5.69 Å². The minimum atomic E-state index is -1.31. The topological polar surface area (TPSA) is 82.0 Å². The molecule has 1 aliphatic carbocycles. The molecule has 2 aromatic rings. The van der Waals surface area contributed by atoms with Crippen molar-refractivity contribution in [3.05, 3.63) is 62.6 Å². The lowest BCUT2D eigenvalue weighted by Crippen LogP contribution is -2.25. The first-order valence-electron chi connectivity index (χ1n) is 9.24. The molecule has 31 heavy (non-hydrogen) atoms. The zero-order valence-electron chi connectivity index (χ0n) is 15.9. The molecule has 10 heteroatoms. The molecule has 1 saturated carbocycles. The average molecular weight is 520 g/mol. The average Bonchev–Trinajstić information content (AvgIpc) is 3.28. The SMILES string of the molecule is N#CCCCNC(=O)c1cc(NC(=O)C2C(c3cc(Cl)cc(Cl)c3)C2(Cl)Cl)ccc1Cl. The predicted octanol–water partition coefficient (Wildman–Crippen LogP) is 6.21. The number of halogens is 5. The zero-order chi connectivity index (χ0) is 22.8. The number of carbonyl (C=O) groups is 2. The van der Waals surface area contributed by atoms with Gasteiger partial charge in [-0.15, -0.1) is 23.2 Å². The molecule has 162 valence electrons. The van der Waals surface area contributed by atoms with Crippen LogP contribution in [0, 0.1) is 17.2 Å². The van der Waals surface area contributed by atoms with Gasteiger partial charge < -0.3 is 10.6 Å². The summed E-state index contributed by atoms with van der Waals surface area (Å²) >= 11 is 31.0. The Morgan fingerprint density at radius 3 is 2.39 bits per heavy atom. The van der Waals surface area contributed by atoms with Gasteiger partial charge in [0.2, 0.25) is 5.91 Å². The Kier molecular flexibility index (Phi) is 7.62. The van der Waals surface area contributed by atoms with Crippen LogP contribution in [0.1, 0.15) is 34.7 Å². The first-order valence-corrected chi connectivity index (χ1v) is 11.1. The quantitative estimate of drug-likeness (QED) is 0.337. The second kappa shape index (κ2) is 9.85. The van der Waals surface area contributed by atoms with Gasteiger partial charge in [-0.1, -0.05) is 34.8 Å². The van der Waals surface area contributed by atoms with Gasteiger partial charge in [-0.05, 0) is 48.4 Å². The molecular formula is C21H16Cl5N3O2. The van der Waals surface area contributed by atoms with E-state index in [1.54, 1.807) is 24.3 Å². The Morgan fingerprint density at radius 2 is 1.74 bits per heavy atom. The summed E-state index contributed by atoms with van der Waals surface area (Å²) in [5.74, 6) is -2.03. The van der Waals surface area contributed by atoms with Crippen LogP contribution in [-0.4, -0.2) is 22.7 Å². The van der Waals surface area contributed by atoms with E-state index in [9.17, 15) is 9.59 Å². The third-order valence-corrected chi connectivity index (χ3v) is 6.52. The zero-order valence-corrected chi connectivity index (χ0v) is 19.7. The van der Waals surface area contributed by atoms with Crippen molar-refractivity contribution < 1.29 is 9.59 Å². The molecule has 0 aliphatic heterocycles. The van der Waals surface area contributed by atoms with Gasteiger partial charge in [-0.2, -0.15) is 5.26 Å². The van der Waals surface area contributed by atoms with Crippen LogP contribution in [-0.2, 0) is 4.79 Å². The molecule has 3 rings (SSSR count). The van der Waals surface area contributed by atoms with Crippen molar-refractivity contribution in [2.45, 2.75) is 23.1 Å². The van der Waals surface area contributed by atoms with Crippen molar-refractivity contribution in [2.24, 2.45) is 5.92 Å². The van der Waals surface area contributed by atoms with Crippen molar-refractivity contribution >= 4 is 75.5 Å². The number of carbonyl (C=O) groups excluding carboxylic acids is 2. The highest BCUT2D eigenvalue weighted by Crippen LogP contribution is 2.65. The number of nitrogens with zero attached hydrogens (tertiary/aromatic N) is 1. The molecule has 0 spiro atoms. The summed E-state index contributed by atoms with van der Waals surface area (Å²) in [4.78, 5) is 25.2. The number of nitrogens with one attached hydrogen (secondary N) is 2. The third kappa shape index (κ3) is 5.58. The van der Waals surface area contributed by atoms with E-state index < -0.39 is 28.0 Å². The molecule has 0 heterocycles. The number of hydrogen-bond donors (Lipinski definition) is 2. The van der Waals surface area contributed by atoms with Crippen LogP contribution < -0.4 is 10.6 Å². The fraction of sp³-hybridized carbons (Fsp3) is 0.286. The number of hydrogen-bond acceptors (Lipinski definition) is 3. The molecule has 1 aliphatic rings. The van der Waals surface area contributed by atoms with Crippen molar-refractivity contribution in [1.82, 2.24) is 5.32 Å². The lowest BCUT2D eigenvalue weighted by atomic mass is 10.1. The van der Waals surface area contributed by atoms with Gasteiger partial charge in [0.05, 0.1) is 22.6 Å². The number of unbranched alkanes of at least 4 members (excludes halogenated alkanes) is 1. The van der Waals surface area contributed by atoms with Gasteiger partial charge in [0.25, 0.3) is 5.91 Å². The maximum Gasteiger partial charge on any atom is 0.252 e. The predicted molar refractivity (Wildman–Crippen MR) is 124 cm³/mol. The first-order chi connectivity index (χ1) is 14.6. The maximum absolute atomic E-state index is 12.8. The van der Waals surface area contributed by atoms with Crippen molar-refractivity contribution in [3.8, 4) is 6.07 Å². The van der Waals surface area contributed by atoms with E-state index in [1.165, 1.54) is 12.1 Å². The third-order valence-electron chi connectivity index (χ3n) is 4.81. The monoisotopic (exact) mass is 517 g/mol. The second-order valence-electron chi connectivity index (χ2n) is 7.03. The largest absolute Gasteiger partial charge is 0.352 e. The standard InChI is InChI=1S/C21H16Cl5N3O2/c22-12-7-11(8-13(23)9-12)17-18(21(17,25)26)20(31)29-14-3-4-16(24)15(10-14)19(30)28-6-2-1-5-27/h3-4,7-10,17-18H,1-2,6H2,(H,28,30)(H,29,31). The highest BCUT2D eigenvalue weighted by atomic mass is 35.5. The molecule has 0 saturated heterocycles.